The molecule has 1 heterocycles. The molecular weight excluding hydrogens is 248 g/mol. The van der Waals surface area contributed by atoms with Gasteiger partial charge in [0.2, 0.25) is 0 Å². The van der Waals surface area contributed by atoms with Gasteiger partial charge < -0.3 is 10.1 Å². The van der Waals surface area contributed by atoms with Gasteiger partial charge in [-0.05, 0) is 18.9 Å². The second-order valence-corrected chi connectivity index (χ2v) is 5.53. The molecule has 5 heteroatoms. The summed E-state index contributed by atoms with van der Waals surface area (Å²) in [7, 11) is -1.17. The number of hydrogen-bond acceptors (Lipinski definition) is 3. The lowest BCUT2D eigenvalue weighted by Crippen LogP contribution is -2.02. The van der Waals surface area contributed by atoms with Crippen LogP contribution in [0, 0.1) is 6.92 Å². The predicted molar refractivity (Wildman–Crippen MR) is 71.7 cm³/mol. The van der Waals surface area contributed by atoms with E-state index in [0.29, 0.717) is 17.3 Å². The Hall–Kier alpha value is -1.46. The molecule has 0 aliphatic rings. The van der Waals surface area contributed by atoms with Crippen LogP contribution in [-0.2, 0) is 10.8 Å². The molecule has 0 bridgehead atoms. The van der Waals surface area contributed by atoms with Crippen molar-refractivity contribution in [3.63, 3.8) is 0 Å². The number of aromatic amines is 1. The van der Waals surface area contributed by atoms with E-state index < -0.39 is 10.8 Å². The summed E-state index contributed by atoms with van der Waals surface area (Å²) in [4.78, 5) is 7.24. The van der Waals surface area contributed by atoms with Gasteiger partial charge in [-0.15, -0.1) is 0 Å². The van der Waals surface area contributed by atoms with Crippen LogP contribution in [0.3, 0.4) is 0 Å². The fourth-order valence-corrected chi connectivity index (χ4v) is 2.70. The molecule has 4 nitrogen and oxygen atoms in total. The van der Waals surface area contributed by atoms with Gasteiger partial charge in [0.05, 0.1) is 22.7 Å². The molecule has 18 heavy (non-hydrogen) atoms. The molecule has 0 spiro atoms. The molecule has 1 aromatic heterocycles. The Morgan fingerprint density at radius 2 is 2.17 bits per heavy atom. The van der Waals surface area contributed by atoms with Crippen molar-refractivity contribution in [3.8, 4) is 11.3 Å². The Morgan fingerprint density at radius 1 is 1.39 bits per heavy atom. The van der Waals surface area contributed by atoms with Crippen molar-refractivity contribution in [1.82, 2.24) is 9.97 Å². The summed E-state index contributed by atoms with van der Waals surface area (Å²) in [6.45, 7) is 2.08. The van der Waals surface area contributed by atoms with Crippen molar-refractivity contribution in [1.29, 1.82) is 0 Å². The van der Waals surface area contributed by atoms with Gasteiger partial charge in [-0.2, -0.15) is 0 Å². The van der Waals surface area contributed by atoms with Crippen LogP contribution in [0.15, 0.2) is 35.6 Å². The fourth-order valence-electron chi connectivity index (χ4n) is 1.72. The number of aliphatic hydroxyl groups is 1. The first-order chi connectivity index (χ1) is 8.72. The first-order valence-electron chi connectivity index (χ1n) is 5.82. The first-order valence-corrected chi connectivity index (χ1v) is 7.14. The molecule has 0 aliphatic carbocycles. The highest BCUT2D eigenvalue weighted by Crippen LogP contribution is 2.21. The van der Waals surface area contributed by atoms with E-state index in [-0.39, 0.29) is 6.61 Å². The van der Waals surface area contributed by atoms with Crippen molar-refractivity contribution in [3.05, 3.63) is 36.0 Å². The number of hydrogen-bond donors (Lipinski definition) is 2. The van der Waals surface area contributed by atoms with Crippen LogP contribution in [0.4, 0.5) is 0 Å². The molecule has 2 rings (SSSR count). The van der Waals surface area contributed by atoms with Crippen molar-refractivity contribution in [2.45, 2.75) is 18.5 Å². The Balaban J connectivity index is 2.21. The minimum absolute atomic E-state index is 0.0527. The molecule has 96 valence electrons. The number of nitrogens with one attached hydrogen (secondary N) is 1. The number of aryl methyl sites for hydroxylation is 1. The van der Waals surface area contributed by atoms with Gasteiger partial charge in [-0.1, -0.05) is 24.3 Å². The van der Waals surface area contributed by atoms with Crippen molar-refractivity contribution in [2.75, 3.05) is 12.4 Å². The third-order valence-corrected chi connectivity index (χ3v) is 3.99. The second-order valence-electron chi connectivity index (χ2n) is 4.04. The summed E-state index contributed by atoms with van der Waals surface area (Å²) in [6, 6.07) is 7.98. The monoisotopic (exact) mass is 264 g/mol. The first kappa shape index (κ1) is 13.0. The van der Waals surface area contributed by atoms with Crippen LogP contribution in [0.2, 0.25) is 0 Å². The Labute approximate surface area is 109 Å². The summed E-state index contributed by atoms with van der Waals surface area (Å²) < 4.78 is 11.8. The summed E-state index contributed by atoms with van der Waals surface area (Å²) in [5, 5.41) is 9.19. The lowest BCUT2D eigenvalue weighted by molar-refractivity contribution is 0.296. The van der Waals surface area contributed by atoms with Gasteiger partial charge in [0.15, 0.2) is 5.16 Å². The minimum atomic E-state index is -1.17. The quantitative estimate of drug-likeness (QED) is 0.866. The Morgan fingerprint density at radius 3 is 2.89 bits per heavy atom. The van der Waals surface area contributed by atoms with Gasteiger partial charge in [0, 0.05) is 17.9 Å². The van der Waals surface area contributed by atoms with E-state index in [1.54, 1.807) is 6.20 Å². The summed E-state index contributed by atoms with van der Waals surface area (Å²) in [5.41, 5.74) is 3.09. The van der Waals surface area contributed by atoms with Gasteiger partial charge in [0.25, 0.3) is 0 Å². The standard InChI is InChI=1S/C13H16N2O2S/c1-10-5-2-3-6-11(10)12-9-14-13(15-12)18(17)8-4-7-16/h2-3,5-6,9,16H,4,7-8H2,1H3,(H,14,15)/t18-/m0/s1. The Bertz CT molecular complexity index is 551. The van der Waals surface area contributed by atoms with Crippen molar-refractivity contribution in [2.24, 2.45) is 0 Å². The molecule has 1 aromatic carbocycles. The average Bonchev–Trinajstić information content (AvgIpc) is 2.86. The molecule has 0 saturated carbocycles. The zero-order valence-corrected chi connectivity index (χ0v) is 11.0. The highest BCUT2D eigenvalue weighted by molar-refractivity contribution is 7.84. The lowest BCUT2D eigenvalue weighted by atomic mass is 10.1. The molecule has 0 radical (unpaired) electrons. The smallest absolute Gasteiger partial charge is 0.196 e. The maximum absolute atomic E-state index is 11.8. The lowest BCUT2D eigenvalue weighted by Gasteiger charge is -2.01. The number of H-pyrrole nitrogens is 1. The summed E-state index contributed by atoms with van der Waals surface area (Å²) in [5.74, 6) is 0.428. The van der Waals surface area contributed by atoms with E-state index in [1.165, 1.54) is 0 Å². The summed E-state index contributed by atoms with van der Waals surface area (Å²) in [6.07, 6.45) is 2.22. The number of nitrogens with zero attached hydrogens (tertiary/aromatic N) is 1. The molecule has 0 fully saturated rings. The van der Waals surface area contributed by atoms with E-state index in [1.807, 2.05) is 31.2 Å². The van der Waals surface area contributed by atoms with Crippen LogP contribution in [0.1, 0.15) is 12.0 Å². The molecule has 2 aromatic rings. The van der Waals surface area contributed by atoms with Gasteiger partial charge in [-0.25, -0.2) is 4.98 Å². The molecule has 0 saturated heterocycles. The number of rotatable bonds is 5. The molecule has 2 N–H and O–H groups in total. The van der Waals surface area contributed by atoms with Gasteiger partial charge in [0.1, 0.15) is 0 Å². The largest absolute Gasteiger partial charge is 0.396 e. The molecule has 0 amide bonds. The topological polar surface area (TPSA) is 66.0 Å². The van der Waals surface area contributed by atoms with Crippen LogP contribution < -0.4 is 0 Å². The second kappa shape index (κ2) is 5.93. The highest BCUT2D eigenvalue weighted by atomic mass is 32.2. The normalized spacial score (nSPS) is 12.6. The fraction of sp³-hybridized carbons (Fsp3) is 0.308. The van der Waals surface area contributed by atoms with Crippen LogP contribution in [0.25, 0.3) is 11.3 Å². The SMILES string of the molecule is Cc1ccccc1-c1cnc([S@@](=O)CCCO)[nH]1. The predicted octanol–water partition coefficient (Wildman–Crippen LogP) is 1.88. The third kappa shape index (κ3) is 2.86. The number of aromatic nitrogens is 2. The minimum Gasteiger partial charge on any atom is -0.396 e. The van der Waals surface area contributed by atoms with Crippen molar-refractivity contribution < 1.29 is 9.32 Å². The maximum Gasteiger partial charge on any atom is 0.196 e. The van der Waals surface area contributed by atoms with E-state index in [9.17, 15) is 4.21 Å². The summed E-state index contributed by atoms with van der Waals surface area (Å²) >= 11 is 0. The molecule has 1 atom stereocenters. The zero-order chi connectivity index (χ0) is 13.0. The van der Waals surface area contributed by atoms with Crippen LogP contribution in [0.5, 0.6) is 0 Å². The van der Waals surface area contributed by atoms with Gasteiger partial charge >= 0.3 is 0 Å². The average molecular weight is 264 g/mol. The van der Waals surface area contributed by atoms with Crippen LogP contribution in [-0.4, -0.2) is 31.6 Å². The Kier molecular flexibility index (Phi) is 4.28. The van der Waals surface area contributed by atoms with E-state index in [0.717, 1.165) is 16.8 Å². The third-order valence-electron chi connectivity index (χ3n) is 2.69. The number of benzene rings is 1. The maximum atomic E-state index is 11.8. The van der Waals surface area contributed by atoms with Crippen molar-refractivity contribution >= 4 is 10.8 Å². The van der Waals surface area contributed by atoms with Crippen LogP contribution >= 0.6 is 0 Å². The van der Waals surface area contributed by atoms with Gasteiger partial charge in [-0.3, -0.25) is 4.21 Å². The van der Waals surface area contributed by atoms with E-state index in [2.05, 4.69) is 9.97 Å². The van der Waals surface area contributed by atoms with E-state index in [4.69, 9.17) is 5.11 Å². The van der Waals surface area contributed by atoms with E-state index >= 15 is 0 Å². The molecular formula is C13H16N2O2S. The zero-order valence-electron chi connectivity index (χ0n) is 10.2. The number of aliphatic hydroxyl groups excluding tert-OH is 1. The molecule has 0 unspecified atom stereocenters. The number of imidazole rings is 1. The highest BCUT2D eigenvalue weighted by Gasteiger charge is 2.10. The molecule has 0 aliphatic heterocycles.